The number of carbonyl (C=O) groups is 2. The number of nitrogens with zero attached hydrogens (tertiary/aromatic N) is 2. The van der Waals surface area contributed by atoms with E-state index < -0.39 is 0 Å². The van der Waals surface area contributed by atoms with Gasteiger partial charge in [-0.1, -0.05) is 52.7 Å². The van der Waals surface area contributed by atoms with Crippen LogP contribution < -0.4 is 10.6 Å². The summed E-state index contributed by atoms with van der Waals surface area (Å²) in [4.78, 5) is 24.3. The van der Waals surface area contributed by atoms with Crippen LogP contribution in [0.25, 0.3) is 0 Å². The monoisotopic (exact) mass is 420 g/mol. The zero-order valence-corrected chi connectivity index (χ0v) is 16.2. The number of halogens is 2. The van der Waals surface area contributed by atoms with Crippen molar-refractivity contribution in [1.29, 1.82) is 0 Å². The predicted molar refractivity (Wildman–Crippen MR) is 108 cm³/mol. The minimum atomic E-state index is -0.374. The minimum Gasteiger partial charge on any atom is -0.325 e. The number of carbonyl (C=O) groups excluding carboxylic acids is 2. The lowest BCUT2D eigenvalue weighted by Crippen LogP contribution is -2.12. The van der Waals surface area contributed by atoms with Crippen LogP contribution in [0.15, 0.2) is 48.5 Å². The summed E-state index contributed by atoms with van der Waals surface area (Å²) in [6.45, 7) is 0. The predicted octanol–water partition coefficient (Wildman–Crippen LogP) is 4.67. The van der Waals surface area contributed by atoms with Gasteiger partial charge in [-0.3, -0.25) is 9.59 Å². The molecule has 6 nitrogen and oxygen atoms in total. The fourth-order valence-electron chi connectivity index (χ4n) is 2.19. The Balaban J connectivity index is 1.54. The van der Waals surface area contributed by atoms with E-state index in [2.05, 4.69) is 20.8 Å². The minimum absolute atomic E-state index is 0.191. The second-order valence-electron chi connectivity index (χ2n) is 5.49. The number of amides is 2. The van der Waals surface area contributed by atoms with Crippen LogP contribution in [0.1, 0.15) is 21.2 Å². The van der Waals surface area contributed by atoms with Crippen LogP contribution in [0.5, 0.6) is 0 Å². The summed E-state index contributed by atoms with van der Waals surface area (Å²) in [5, 5.41) is 15.1. The fraction of sp³-hybridized carbons (Fsp3) is 0.111. The summed E-state index contributed by atoms with van der Waals surface area (Å²) in [6.07, 6.45) is 0.578. The van der Waals surface area contributed by atoms with Crippen molar-refractivity contribution in [2.75, 3.05) is 10.6 Å². The molecule has 1 heterocycles. The number of rotatable bonds is 6. The summed E-state index contributed by atoms with van der Waals surface area (Å²) < 4.78 is 0. The molecule has 2 N–H and O–H groups in total. The number of aryl methyl sites for hydroxylation is 1. The number of hydrogen-bond acceptors (Lipinski definition) is 5. The number of aromatic nitrogens is 2. The number of anilines is 2. The summed E-state index contributed by atoms with van der Waals surface area (Å²) in [6, 6.07) is 13.8. The Hall–Kier alpha value is -2.48. The molecule has 0 aliphatic heterocycles. The van der Waals surface area contributed by atoms with Crippen LogP contribution >= 0.6 is 34.5 Å². The van der Waals surface area contributed by atoms with Gasteiger partial charge in [0.2, 0.25) is 10.9 Å². The van der Waals surface area contributed by atoms with E-state index in [1.165, 1.54) is 0 Å². The average molecular weight is 421 g/mol. The summed E-state index contributed by atoms with van der Waals surface area (Å²) >= 11 is 13.0. The van der Waals surface area contributed by atoms with Crippen molar-refractivity contribution in [3.05, 3.63) is 68.6 Å². The standard InChI is InChI=1S/C18H14Cl2N4O2S/c19-11-4-3-5-12(10-11)21-17(26)18-24-23-16(27-18)9-8-15(25)22-14-7-2-1-6-13(14)20/h1-7,10H,8-9H2,(H,21,26)(H,22,25). The van der Waals surface area contributed by atoms with E-state index in [0.29, 0.717) is 32.8 Å². The van der Waals surface area contributed by atoms with Gasteiger partial charge in [0.15, 0.2) is 0 Å². The van der Waals surface area contributed by atoms with Crippen molar-refractivity contribution in [3.63, 3.8) is 0 Å². The number of benzene rings is 2. The van der Waals surface area contributed by atoms with Gasteiger partial charge in [0.05, 0.1) is 10.7 Å². The molecule has 2 aromatic carbocycles. The number of hydrogen-bond donors (Lipinski definition) is 2. The van der Waals surface area contributed by atoms with E-state index in [1.54, 1.807) is 48.5 Å². The molecule has 3 rings (SSSR count). The molecule has 3 aromatic rings. The molecule has 0 saturated carbocycles. The highest BCUT2D eigenvalue weighted by Crippen LogP contribution is 2.21. The molecule has 0 unspecified atom stereocenters. The van der Waals surface area contributed by atoms with Crippen LogP contribution in [-0.4, -0.2) is 22.0 Å². The van der Waals surface area contributed by atoms with Gasteiger partial charge in [-0.2, -0.15) is 0 Å². The van der Waals surface area contributed by atoms with Gasteiger partial charge in [0.1, 0.15) is 5.01 Å². The molecule has 0 atom stereocenters. The molecule has 27 heavy (non-hydrogen) atoms. The summed E-state index contributed by atoms with van der Waals surface area (Å²) in [5.74, 6) is -0.565. The van der Waals surface area contributed by atoms with Crippen molar-refractivity contribution in [3.8, 4) is 0 Å². The third kappa shape index (κ3) is 5.50. The van der Waals surface area contributed by atoms with Gasteiger partial charge in [0, 0.05) is 23.6 Å². The largest absolute Gasteiger partial charge is 0.325 e. The van der Waals surface area contributed by atoms with Crippen LogP contribution in [0.4, 0.5) is 11.4 Å². The van der Waals surface area contributed by atoms with Crippen molar-refractivity contribution in [2.24, 2.45) is 0 Å². The van der Waals surface area contributed by atoms with E-state index in [-0.39, 0.29) is 23.2 Å². The molecule has 2 amide bonds. The highest BCUT2D eigenvalue weighted by molar-refractivity contribution is 7.13. The van der Waals surface area contributed by atoms with Gasteiger partial charge >= 0.3 is 0 Å². The van der Waals surface area contributed by atoms with E-state index in [4.69, 9.17) is 23.2 Å². The SMILES string of the molecule is O=C(CCc1nnc(C(=O)Nc2cccc(Cl)c2)s1)Nc1ccccc1Cl. The normalized spacial score (nSPS) is 10.4. The van der Waals surface area contributed by atoms with Gasteiger partial charge in [-0.05, 0) is 30.3 Å². The fourth-order valence-corrected chi connectivity index (χ4v) is 3.30. The Labute approximate surface area is 169 Å². The maximum Gasteiger partial charge on any atom is 0.286 e. The topological polar surface area (TPSA) is 84.0 Å². The summed E-state index contributed by atoms with van der Waals surface area (Å²) in [7, 11) is 0. The van der Waals surface area contributed by atoms with E-state index in [9.17, 15) is 9.59 Å². The Bertz CT molecular complexity index is 977. The lowest BCUT2D eigenvalue weighted by Gasteiger charge is -2.05. The number of nitrogens with one attached hydrogen (secondary N) is 2. The highest BCUT2D eigenvalue weighted by Gasteiger charge is 2.14. The van der Waals surface area contributed by atoms with E-state index >= 15 is 0 Å². The van der Waals surface area contributed by atoms with Crippen LogP contribution in [0, 0.1) is 0 Å². The first-order valence-corrected chi connectivity index (χ1v) is 9.52. The highest BCUT2D eigenvalue weighted by atomic mass is 35.5. The van der Waals surface area contributed by atoms with Gasteiger partial charge in [-0.15, -0.1) is 10.2 Å². The Morgan fingerprint density at radius 1 is 1.00 bits per heavy atom. The van der Waals surface area contributed by atoms with Crippen molar-refractivity contribution < 1.29 is 9.59 Å². The maximum absolute atomic E-state index is 12.2. The molecular formula is C18H14Cl2N4O2S. The molecule has 0 saturated heterocycles. The smallest absolute Gasteiger partial charge is 0.286 e. The maximum atomic E-state index is 12.2. The third-order valence-electron chi connectivity index (χ3n) is 3.46. The van der Waals surface area contributed by atoms with Crippen molar-refractivity contribution >= 4 is 57.7 Å². The Morgan fingerprint density at radius 2 is 1.81 bits per heavy atom. The lowest BCUT2D eigenvalue weighted by atomic mass is 10.2. The third-order valence-corrected chi connectivity index (χ3v) is 5.00. The van der Waals surface area contributed by atoms with Crippen LogP contribution in [0.3, 0.4) is 0 Å². The quantitative estimate of drug-likeness (QED) is 0.606. The van der Waals surface area contributed by atoms with E-state index in [1.807, 2.05) is 0 Å². The first-order valence-electron chi connectivity index (χ1n) is 7.95. The molecule has 0 spiro atoms. The van der Waals surface area contributed by atoms with Gasteiger partial charge < -0.3 is 10.6 Å². The lowest BCUT2D eigenvalue weighted by molar-refractivity contribution is -0.116. The molecular weight excluding hydrogens is 407 g/mol. The van der Waals surface area contributed by atoms with Crippen LogP contribution in [0.2, 0.25) is 10.0 Å². The summed E-state index contributed by atoms with van der Waals surface area (Å²) in [5.41, 5.74) is 1.13. The Morgan fingerprint density at radius 3 is 2.59 bits per heavy atom. The zero-order chi connectivity index (χ0) is 19.2. The van der Waals surface area contributed by atoms with Crippen molar-refractivity contribution in [1.82, 2.24) is 10.2 Å². The molecule has 1 aromatic heterocycles. The van der Waals surface area contributed by atoms with E-state index in [0.717, 1.165) is 11.3 Å². The van der Waals surface area contributed by atoms with Crippen molar-refractivity contribution in [2.45, 2.75) is 12.8 Å². The molecule has 9 heteroatoms. The second-order valence-corrected chi connectivity index (χ2v) is 7.40. The molecule has 0 radical (unpaired) electrons. The molecule has 0 bridgehead atoms. The molecule has 0 aliphatic carbocycles. The first-order chi connectivity index (χ1) is 13.0. The number of para-hydroxylation sites is 1. The molecule has 0 aliphatic rings. The average Bonchev–Trinajstić information content (AvgIpc) is 3.11. The van der Waals surface area contributed by atoms with Crippen LogP contribution in [-0.2, 0) is 11.2 Å². The Kier molecular flexibility index (Phi) is 6.39. The molecule has 0 fully saturated rings. The van der Waals surface area contributed by atoms with Gasteiger partial charge in [-0.25, -0.2) is 0 Å². The second kappa shape index (κ2) is 8.94. The first kappa shape index (κ1) is 19.3. The molecule has 138 valence electrons. The zero-order valence-electron chi connectivity index (χ0n) is 13.9. The van der Waals surface area contributed by atoms with Gasteiger partial charge in [0.25, 0.3) is 5.91 Å².